The Morgan fingerprint density at radius 3 is 1.06 bits per heavy atom. The van der Waals surface area contributed by atoms with E-state index < -0.39 is 0 Å². The summed E-state index contributed by atoms with van der Waals surface area (Å²) in [6, 6.07) is 34.2. The molecule has 2 aliphatic carbocycles. The predicted molar refractivity (Wildman–Crippen MR) is 227 cm³/mol. The first kappa shape index (κ1) is 43.7. The molecular formula is C50H72O3. The topological polar surface area (TPSA) is 60.7 Å². The van der Waals surface area contributed by atoms with Crippen molar-refractivity contribution in [3.8, 4) is 17.2 Å². The third-order valence-corrected chi connectivity index (χ3v) is 13.0. The first-order valence-corrected chi connectivity index (χ1v) is 20.6. The lowest BCUT2D eigenvalue weighted by Gasteiger charge is -2.44. The summed E-state index contributed by atoms with van der Waals surface area (Å²) in [5.74, 6) is 2.36. The largest absolute Gasteiger partial charge is 0.508 e. The van der Waals surface area contributed by atoms with Crippen molar-refractivity contribution in [2.24, 2.45) is 11.8 Å². The van der Waals surface area contributed by atoms with Crippen LogP contribution in [0, 0.1) is 11.8 Å². The van der Waals surface area contributed by atoms with Gasteiger partial charge in [-0.1, -0.05) is 149 Å². The summed E-state index contributed by atoms with van der Waals surface area (Å²) >= 11 is 0. The molecule has 0 saturated heterocycles. The van der Waals surface area contributed by atoms with Gasteiger partial charge in [0.25, 0.3) is 0 Å². The molecule has 6 rings (SSSR count). The van der Waals surface area contributed by atoms with Crippen LogP contribution >= 0.6 is 0 Å². The molecular weight excluding hydrogens is 649 g/mol. The Kier molecular flexibility index (Phi) is 16.1. The molecule has 0 amide bonds. The Morgan fingerprint density at radius 2 is 0.755 bits per heavy atom. The Labute approximate surface area is 323 Å². The minimum atomic E-state index is 0.115. The summed E-state index contributed by atoms with van der Waals surface area (Å²) < 4.78 is 0. The molecule has 2 fully saturated rings. The van der Waals surface area contributed by atoms with E-state index in [-0.39, 0.29) is 16.2 Å². The fraction of sp³-hybridized carbons (Fsp3) is 0.520. The van der Waals surface area contributed by atoms with Gasteiger partial charge in [-0.2, -0.15) is 0 Å². The van der Waals surface area contributed by atoms with Crippen molar-refractivity contribution in [2.45, 2.75) is 155 Å². The fourth-order valence-corrected chi connectivity index (χ4v) is 8.49. The molecule has 0 heterocycles. The van der Waals surface area contributed by atoms with Gasteiger partial charge in [0.1, 0.15) is 17.2 Å². The Bertz CT molecular complexity index is 1580. The lowest BCUT2D eigenvalue weighted by atomic mass is 9.60. The standard InChI is InChI=1S/C22H28O2.C22H28O.C4H10.C2H6/c1-21(2,16-4-8-19(23)9-5-16)17-12-14-22(3,15-13-17)18-6-10-20(24)11-7-18;1-21(2,17-9-11-20(23)12-10-17)18-13-15-22(3,16-14-18)19-7-5-4-6-8-19;1-3-4-2;1-2/h4-11,17,23-24H,12-15H2,1-3H3;4-12,18,23H,13-16H2,1-3H3;3-4H2,1-2H3;1-2H3. The minimum Gasteiger partial charge on any atom is -0.508 e. The highest BCUT2D eigenvalue weighted by Gasteiger charge is 2.40. The highest BCUT2D eigenvalue weighted by molar-refractivity contribution is 5.35. The van der Waals surface area contributed by atoms with Gasteiger partial charge < -0.3 is 15.3 Å². The zero-order chi connectivity index (χ0) is 39.3. The van der Waals surface area contributed by atoms with Gasteiger partial charge in [0.2, 0.25) is 0 Å². The second-order valence-electron chi connectivity index (χ2n) is 17.1. The van der Waals surface area contributed by atoms with E-state index in [4.69, 9.17) is 0 Å². The fourth-order valence-electron chi connectivity index (χ4n) is 8.49. The van der Waals surface area contributed by atoms with Crippen LogP contribution in [0.2, 0.25) is 0 Å². The van der Waals surface area contributed by atoms with Crippen molar-refractivity contribution in [3.63, 3.8) is 0 Å². The second-order valence-corrected chi connectivity index (χ2v) is 17.1. The van der Waals surface area contributed by atoms with Gasteiger partial charge in [0.05, 0.1) is 0 Å². The molecule has 4 aromatic carbocycles. The Balaban J connectivity index is 0.000000249. The minimum absolute atomic E-state index is 0.115. The number of hydrogen-bond donors (Lipinski definition) is 3. The zero-order valence-electron chi connectivity index (χ0n) is 34.9. The lowest BCUT2D eigenvalue weighted by molar-refractivity contribution is 0.178. The van der Waals surface area contributed by atoms with E-state index in [0.29, 0.717) is 34.5 Å². The zero-order valence-corrected chi connectivity index (χ0v) is 34.9. The van der Waals surface area contributed by atoms with Gasteiger partial charge in [-0.3, -0.25) is 0 Å². The Morgan fingerprint density at radius 1 is 0.472 bits per heavy atom. The van der Waals surface area contributed by atoms with E-state index in [1.165, 1.54) is 86.5 Å². The SMILES string of the molecule is CC.CC1(c2ccc(O)cc2)CCC(C(C)(C)c2ccc(O)cc2)CC1.CC1(c2ccccc2)CCC(C(C)(C)c2ccc(O)cc2)CC1.CCCC. The molecule has 0 aromatic heterocycles. The lowest BCUT2D eigenvalue weighted by Crippen LogP contribution is -2.36. The molecule has 0 atom stereocenters. The van der Waals surface area contributed by atoms with Crippen molar-refractivity contribution in [1.82, 2.24) is 0 Å². The van der Waals surface area contributed by atoms with Gasteiger partial charge in [-0.15, -0.1) is 0 Å². The molecule has 0 unspecified atom stereocenters. The molecule has 2 aliphatic rings. The smallest absolute Gasteiger partial charge is 0.115 e. The number of phenolic OH excluding ortho intramolecular Hbond substituents is 3. The normalized spacial score (nSPS) is 22.8. The van der Waals surface area contributed by atoms with E-state index in [9.17, 15) is 15.3 Å². The summed E-state index contributed by atoms with van der Waals surface area (Å²) in [7, 11) is 0. The first-order chi connectivity index (χ1) is 25.1. The predicted octanol–water partition coefficient (Wildman–Crippen LogP) is 14.2. The van der Waals surface area contributed by atoms with Crippen molar-refractivity contribution in [3.05, 3.63) is 125 Å². The Hall–Kier alpha value is -3.72. The number of hydrogen-bond acceptors (Lipinski definition) is 3. The maximum atomic E-state index is 9.53. The van der Waals surface area contributed by atoms with Crippen LogP contribution < -0.4 is 0 Å². The van der Waals surface area contributed by atoms with Crippen LogP contribution in [0.1, 0.15) is 156 Å². The molecule has 0 spiro atoms. The number of aromatic hydroxyl groups is 3. The quantitative estimate of drug-likeness (QED) is 0.178. The number of unbranched alkanes of at least 4 members (excludes halogenated alkanes) is 1. The molecule has 53 heavy (non-hydrogen) atoms. The van der Waals surface area contributed by atoms with Gasteiger partial charge in [0, 0.05) is 0 Å². The average molecular weight is 721 g/mol. The summed E-state index contributed by atoms with van der Waals surface area (Å²) in [6.07, 6.45) is 12.4. The monoisotopic (exact) mass is 721 g/mol. The summed E-state index contributed by atoms with van der Waals surface area (Å²) in [4.78, 5) is 0. The van der Waals surface area contributed by atoms with Crippen LogP contribution in [-0.4, -0.2) is 15.3 Å². The van der Waals surface area contributed by atoms with Crippen LogP contribution in [0.3, 0.4) is 0 Å². The molecule has 2 saturated carbocycles. The van der Waals surface area contributed by atoms with Crippen molar-refractivity contribution >= 4 is 0 Å². The second kappa shape index (κ2) is 19.6. The van der Waals surface area contributed by atoms with Gasteiger partial charge in [-0.25, -0.2) is 0 Å². The van der Waals surface area contributed by atoms with Crippen LogP contribution in [0.5, 0.6) is 17.2 Å². The third kappa shape index (κ3) is 11.4. The van der Waals surface area contributed by atoms with Crippen LogP contribution in [0.4, 0.5) is 0 Å². The molecule has 4 aromatic rings. The number of phenols is 3. The third-order valence-electron chi connectivity index (χ3n) is 13.0. The molecule has 3 heteroatoms. The van der Waals surface area contributed by atoms with Crippen LogP contribution in [0.25, 0.3) is 0 Å². The molecule has 290 valence electrons. The molecule has 0 aliphatic heterocycles. The van der Waals surface area contributed by atoms with Gasteiger partial charge in [-0.05, 0) is 144 Å². The van der Waals surface area contributed by atoms with E-state index >= 15 is 0 Å². The summed E-state index contributed by atoms with van der Waals surface area (Å²) in [5.41, 5.74) is 6.26. The van der Waals surface area contributed by atoms with E-state index in [1.54, 1.807) is 24.3 Å². The van der Waals surface area contributed by atoms with E-state index in [1.807, 2.05) is 26.0 Å². The summed E-state index contributed by atoms with van der Waals surface area (Å²) in [5, 5.41) is 28.6. The molecule has 3 nitrogen and oxygen atoms in total. The maximum absolute atomic E-state index is 9.53. The molecule has 0 bridgehead atoms. The number of benzene rings is 4. The number of rotatable bonds is 7. The average Bonchev–Trinajstić information content (AvgIpc) is 3.17. The van der Waals surface area contributed by atoms with E-state index in [2.05, 4.69) is 122 Å². The first-order valence-electron chi connectivity index (χ1n) is 20.6. The van der Waals surface area contributed by atoms with Gasteiger partial charge in [0.15, 0.2) is 0 Å². The molecule has 0 radical (unpaired) electrons. The van der Waals surface area contributed by atoms with Gasteiger partial charge >= 0.3 is 0 Å². The van der Waals surface area contributed by atoms with Crippen LogP contribution in [-0.2, 0) is 21.7 Å². The van der Waals surface area contributed by atoms with Crippen LogP contribution in [0.15, 0.2) is 103 Å². The van der Waals surface area contributed by atoms with E-state index in [0.717, 1.165) is 0 Å². The highest BCUT2D eigenvalue weighted by atomic mass is 16.3. The molecule has 3 N–H and O–H groups in total. The summed E-state index contributed by atoms with van der Waals surface area (Å²) in [6.45, 7) is 22.5. The highest BCUT2D eigenvalue weighted by Crippen LogP contribution is 2.49. The van der Waals surface area contributed by atoms with Crippen molar-refractivity contribution in [1.29, 1.82) is 0 Å². The van der Waals surface area contributed by atoms with Crippen molar-refractivity contribution < 1.29 is 15.3 Å². The maximum Gasteiger partial charge on any atom is 0.115 e. The van der Waals surface area contributed by atoms with Crippen molar-refractivity contribution in [2.75, 3.05) is 0 Å².